The van der Waals surface area contributed by atoms with Gasteiger partial charge in [0.1, 0.15) is 11.5 Å². The van der Waals surface area contributed by atoms with Crippen LogP contribution >= 0.6 is 11.3 Å². The van der Waals surface area contributed by atoms with E-state index in [0.717, 1.165) is 38.8 Å². The predicted octanol–water partition coefficient (Wildman–Crippen LogP) is 5.04. The third-order valence-corrected chi connectivity index (χ3v) is 5.69. The third kappa shape index (κ3) is 4.43. The minimum Gasteiger partial charge on any atom is -0.497 e. The van der Waals surface area contributed by atoms with Crippen molar-refractivity contribution in [3.8, 4) is 22.8 Å². The molecule has 1 heterocycles. The van der Waals surface area contributed by atoms with Crippen LogP contribution in [0.1, 0.15) is 30.5 Å². The summed E-state index contributed by atoms with van der Waals surface area (Å²) in [7, 11) is 3.31. The van der Waals surface area contributed by atoms with Crippen molar-refractivity contribution in [2.24, 2.45) is 10.1 Å². The number of aryl methyl sites for hydroxylation is 2. The van der Waals surface area contributed by atoms with Gasteiger partial charge in [-0.1, -0.05) is 12.1 Å². The molecular formula is C23H27N3O2S. The zero-order valence-corrected chi connectivity index (χ0v) is 18.6. The van der Waals surface area contributed by atoms with Gasteiger partial charge in [-0.2, -0.15) is 5.10 Å². The molecule has 2 aromatic carbocycles. The lowest BCUT2D eigenvalue weighted by molar-refractivity contribution is 0.395. The Hall–Kier alpha value is -2.86. The summed E-state index contributed by atoms with van der Waals surface area (Å²) in [5.41, 5.74) is 6.43. The van der Waals surface area contributed by atoms with Gasteiger partial charge in [0.2, 0.25) is 4.80 Å². The topological polar surface area (TPSA) is 48.1 Å². The van der Waals surface area contributed by atoms with Gasteiger partial charge in [0, 0.05) is 23.6 Å². The quantitative estimate of drug-likeness (QED) is 0.535. The molecule has 0 spiro atoms. The number of nitrogens with zero attached hydrogens (tertiary/aromatic N) is 3. The second-order valence-corrected chi connectivity index (χ2v) is 7.58. The Morgan fingerprint density at radius 3 is 2.48 bits per heavy atom. The molecule has 1 aromatic heterocycles. The Bertz CT molecular complexity index is 1110. The van der Waals surface area contributed by atoms with Gasteiger partial charge >= 0.3 is 0 Å². The molecule has 0 aliphatic carbocycles. The molecule has 5 nitrogen and oxygen atoms in total. The Morgan fingerprint density at radius 1 is 1.03 bits per heavy atom. The summed E-state index contributed by atoms with van der Waals surface area (Å²) >= 11 is 1.57. The molecule has 0 N–H and O–H groups in total. The van der Waals surface area contributed by atoms with Gasteiger partial charge in [0.25, 0.3) is 0 Å². The SMILES string of the molecule is CCN=c1scc(-c2ccc(OC)cc2OC)n1N=C(C)c1ccc(C)c(C)c1. The monoisotopic (exact) mass is 409 g/mol. The highest BCUT2D eigenvalue weighted by Crippen LogP contribution is 2.33. The van der Waals surface area contributed by atoms with E-state index in [0.29, 0.717) is 6.54 Å². The lowest BCUT2D eigenvalue weighted by atomic mass is 10.0. The molecular weight excluding hydrogens is 382 g/mol. The van der Waals surface area contributed by atoms with Crippen molar-refractivity contribution < 1.29 is 9.47 Å². The fraction of sp³-hybridized carbons (Fsp3) is 0.304. The van der Waals surface area contributed by atoms with E-state index < -0.39 is 0 Å². The first-order valence-electron chi connectivity index (χ1n) is 9.55. The fourth-order valence-electron chi connectivity index (χ4n) is 3.01. The molecule has 0 radical (unpaired) electrons. The Labute approximate surface area is 176 Å². The van der Waals surface area contributed by atoms with Crippen LogP contribution in [0.3, 0.4) is 0 Å². The molecule has 29 heavy (non-hydrogen) atoms. The van der Waals surface area contributed by atoms with E-state index in [1.165, 1.54) is 11.1 Å². The smallest absolute Gasteiger partial charge is 0.206 e. The van der Waals surface area contributed by atoms with E-state index >= 15 is 0 Å². The standard InChI is InChI=1S/C23H27N3O2S/c1-7-24-23-26(25-17(4)18-9-8-15(2)16(3)12-18)21(14-29-23)20-11-10-19(27-5)13-22(20)28-6/h8-14H,7H2,1-6H3. The molecule has 0 unspecified atom stereocenters. The highest BCUT2D eigenvalue weighted by atomic mass is 32.1. The molecule has 0 aliphatic heterocycles. The number of rotatable bonds is 6. The van der Waals surface area contributed by atoms with Gasteiger partial charge in [-0.25, -0.2) is 4.68 Å². The molecule has 0 saturated carbocycles. The van der Waals surface area contributed by atoms with Gasteiger partial charge in [0.15, 0.2) is 0 Å². The summed E-state index contributed by atoms with van der Waals surface area (Å²) in [6.45, 7) is 8.98. The van der Waals surface area contributed by atoms with E-state index in [2.05, 4.69) is 42.4 Å². The maximum absolute atomic E-state index is 5.62. The highest BCUT2D eigenvalue weighted by molar-refractivity contribution is 7.07. The van der Waals surface area contributed by atoms with Crippen molar-refractivity contribution in [3.05, 3.63) is 63.3 Å². The summed E-state index contributed by atoms with van der Waals surface area (Å²) in [4.78, 5) is 5.48. The number of ether oxygens (including phenoxy) is 2. The first-order chi connectivity index (χ1) is 14.0. The number of methoxy groups -OCH3 is 2. The zero-order chi connectivity index (χ0) is 21.0. The highest BCUT2D eigenvalue weighted by Gasteiger charge is 2.14. The molecule has 6 heteroatoms. The van der Waals surface area contributed by atoms with E-state index in [9.17, 15) is 0 Å². The normalized spacial score (nSPS) is 12.3. The van der Waals surface area contributed by atoms with Crippen LogP contribution in [-0.4, -0.2) is 31.2 Å². The van der Waals surface area contributed by atoms with Crippen LogP contribution in [-0.2, 0) is 0 Å². The molecule has 0 atom stereocenters. The van der Waals surface area contributed by atoms with Crippen molar-refractivity contribution in [1.29, 1.82) is 0 Å². The van der Waals surface area contributed by atoms with Crippen molar-refractivity contribution >= 4 is 17.0 Å². The Kier molecular flexibility index (Phi) is 6.54. The molecule has 3 rings (SSSR count). The third-order valence-electron chi connectivity index (χ3n) is 4.84. The van der Waals surface area contributed by atoms with Crippen molar-refractivity contribution in [2.45, 2.75) is 27.7 Å². The molecule has 0 fully saturated rings. The van der Waals surface area contributed by atoms with Crippen LogP contribution in [0.15, 0.2) is 51.9 Å². The molecule has 0 saturated heterocycles. The maximum Gasteiger partial charge on any atom is 0.206 e. The summed E-state index contributed by atoms with van der Waals surface area (Å²) < 4.78 is 12.9. The fourth-order valence-corrected chi connectivity index (χ4v) is 3.90. The minimum atomic E-state index is 0.692. The lowest BCUT2D eigenvalue weighted by Crippen LogP contribution is -2.14. The Balaban J connectivity index is 2.18. The summed E-state index contributed by atoms with van der Waals surface area (Å²) in [5.74, 6) is 1.48. The van der Waals surface area contributed by atoms with Crippen LogP contribution in [0.4, 0.5) is 0 Å². The van der Waals surface area contributed by atoms with Gasteiger partial charge in [-0.05, 0) is 62.6 Å². The van der Waals surface area contributed by atoms with E-state index in [1.807, 2.05) is 36.7 Å². The zero-order valence-electron chi connectivity index (χ0n) is 17.8. The van der Waals surface area contributed by atoms with Crippen LogP contribution in [0, 0.1) is 13.8 Å². The van der Waals surface area contributed by atoms with Gasteiger partial charge in [-0.3, -0.25) is 4.99 Å². The predicted molar refractivity (Wildman–Crippen MR) is 120 cm³/mol. The second kappa shape index (κ2) is 9.09. The van der Waals surface area contributed by atoms with Crippen molar-refractivity contribution in [2.75, 3.05) is 20.8 Å². The Morgan fingerprint density at radius 2 is 1.83 bits per heavy atom. The molecule has 0 bridgehead atoms. The number of hydrogen-bond donors (Lipinski definition) is 0. The average Bonchev–Trinajstić information content (AvgIpc) is 3.11. The molecule has 152 valence electrons. The van der Waals surface area contributed by atoms with Crippen LogP contribution in [0.25, 0.3) is 11.3 Å². The summed E-state index contributed by atoms with van der Waals surface area (Å²) in [6, 6.07) is 12.2. The van der Waals surface area contributed by atoms with E-state index in [-0.39, 0.29) is 0 Å². The minimum absolute atomic E-state index is 0.692. The number of thiazole rings is 1. The number of aromatic nitrogens is 1. The first-order valence-corrected chi connectivity index (χ1v) is 10.4. The average molecular weight is 410 g/mol. The van der Waals surface area contributed by atoms with Crippen LogP contribution in [0.5, 0.6) is 11.5 Å². The lowest BCUT2D eigenvalue weighted by Gasteiger charge is -2.12. The summed E-state index contributed by atoms with van der Waals surface area (Å²) in [6.07, 6.45) is 0. The summed E-state index contributed by atoms with van der Waals surface area (Å²) in [5, 5.41) is 7.00. The van der Waals surface area contributed by atoms with Crippen LogP contribution < -0.4 is 14.3 Å². The van der Waals surface area contributed by atoms with Gasteiger partial charge < -0.3 is 9.47 Å². The first kappa shape index (κ1) is 20.9. The van der Waals surface area contributed by atoms with Crippen LogP contribution in [0.2, 0.25) is 0 Å². The van der Waals surface area contributed by atoms with Crippen molar-refractivity contribution in [3.63, 3.8) is 0 Å². The largest absolute Gasteiger partial charge is 0.497 e. The molecule has 0 amide bonds. The van der Waals surface area contributed by atoms with E-state index in [4.69, 9.17) is 14.6 Å². The molecule has 0 aliphatic rings. The van der Waals surface area contributed by atoms with E-state index in [1.54, 1.807) is 25.6 Å². The number of hydrogen-bond acceptors (Lipinski definition) is 5. The van der Waals surface area contributed by atoms with Gasteiger partial charge in [0.05, 0.1) is 25.6 Å². The van der Waals surface area contributed by atoms with Gasteiger partial charge in [-0.15, -0.1) is 11.3 Å². The maximum atomic E-state index is 5.62. The number of benzene rings is 2. The van der Waals surface area contributed by atoms with Crippen molar-refractivity contribution in [1.82, 2.24) is 4.68 Å². The molecule has 3 aromatic rings. The second-order valence-electron chi connectivity index (χ2n) is 6.74.